The molecule has 0 radical (unpaired) electrons. The van der Waals surface area contributed by atoms with Gasteiger partial charge in [0.15, 0.2) is 0 Å². The van der Waals surface area contributed by atoms with E-state index < -0.39 is 5.97 Å². The van der Waals surface area contributed by atoms with Crippen molar-refractivity contribution >= 4 is 11.7 Å². The Hall–Kier alpha value is -1.85. The van der Waals surface area contributed by atoms with E-state index in [-0.39, 0.29) is 6.42 Å². The van der Waals surface area contributed by atoms with Gasteiger partial charge in [0.2, 0.25) is 0 Å². The number of aromatic nitrogens is 2. The van der Waals surface area contributed by atoms with Gasteiger partial charge < -0.3 is 14.5 Å². The summed E-state index contributed by atoms with van der Waals surface area (Å²) in [5, 5.41) is 13.0. The Bertz CT molecular complexity index is 479. The van der Waals surface area contributed by atoms with Crippen molar-refractivity contribution in [1.29, 1.82) is 0 Å². The highest BCUT2D eigenvalue weighted by molar-refractivity contribution is 5.86. The average molecular weight is 321 g/mol. The summed E-state index contributed by atoms with van der Waals surface area (Å²) >= 11 is 0. The van der Waals surface area contributed by atoms with Crippen LogP contribution in [0.4, 0.5) is 0 Å². The number of unbranched alkanes of at least 4 members (excludes halogenated alkanes) is 2. The Labute approximate surface area is 137 Å². The highest BCUT2D eigenvalue weighted by atomic mass is 16.6. The van der Waals surface area contributed by atoms with E-state index in [9.17, 15) is 4.79 Å². The number of nitrogens with zero attached hydrogens (tertiary/aromatic N) is 3. The molecule has 2 rings (SSSR count). The molecule has 0 saturated heterocycles. The molecule has 1 N–H and O–H groups in total. The molecule has 0 unspecified atom stereocenters. The Morgan fingerprint density at radius 2 is 2.09 bits per heavy atom. The molecule has 1 fully saturated rings. The SMILES string of the molecule is O=C(O)CCCCCO/N=C(\Cn1ccnc1)C1CCCCC1. The Balaban J connectivity index is 1.77. The fourth-order valence-electron chi connectivity index (χ4n) is 2.98. The van der Waals surface area contributed by atoms with Gasteiger partial charge in [0.05, 0.1) is 18.6 Å². The molecule has 1 aromatic rings. The number of aliphatic carboxylic acids is 1. The molecule has 0 spiro atoms. The average Bonchev–Trinajstić information content (AvgIpc) is 3.06. The molecule has 0 amide bonds. The minimum atomic E-state index is -0.733. The number of oxime groups is 1. The van der Waals surface area contributed by atoms with Crippen LogP contribution in [0, 0.1) is 5.92 Å². The van der Waals surface area contributed by atoms with Crippen molar-refractivity contribution in [3.8, 4) is 0 Å². The van der Waals surface area contributed by atoms with E-state index >= 15 is 0 Å². The van der Waals surface area contributed by atoms with Crippen LogP contribution in [-0.4, -0.2) is 32.9 Å². The fraction of sp³-hybridized carbons (Fsp3) is 0.706. The smallest absolute Gasteiger partial charge is 0.303 e. The number of carbonyl (C=O) groups is 1. The van der Waals surface area contributed by atoms with E-state index in [0.717, 1.165) is 25.1 Å². The summed E-state index contributed by atoms with van der Waals surface area (Å²) in [7, 11) is 0. The third kappa shape index (κ3) is 6.84. The highest BCUT2D eigenvalue weighted by Crippen LogP contribution is 2.25. The monoisotopic (exact) mass is 321 g/mol. The van der Waals surface area contributed by atoms with Gasteiger partial charge in [-0.3, -0.25) is 4.79 Å². The van der Waals surface area contributed by atoms with Crippen LogP contribution in [0.2, 0.25) is 0 Å². The van der Waals surface area contributed by atoms with Crippen molar-refractivity contribution in [2.24, 2.45) is 11.1 Å². The topological polar surface area (TPSA) is 76.7 Å². The van der Waals surface area contributed by atoms with E-state index in [4.69, 9.17) is 9.94 Å². The minimum absolute atomic E-state index is 0.233. The second-order valence-corrected chi connectivity index (χ2v) is 6.19. The quantitative estimate of drug-likeness (QED) is 0.406. The maximum Gasteiger partial charge on any atom is 0.303 e. The largest absolute Gasteiger partial charge is 0.481 e. The molecule has 0 atom stereocenters. The van der Waals surface area contributed by atoms with Crippen molar-refractivity contribution in [2.75, 3.05) is 6.61 Å². The molecule has 0 aromatic carbocycles. The number of carboxylic acid groups (broad SMARTS) is 1. The van der Waals surface area contributed by atoms with Crippen molar-refractivity contribution in [3.05, 3.63) is 18.7 Å². The second-order valence-electron chi connectivity index (χ2n) is 6.19. The summed E-state index contributed by atoms with van der Waals surface area (Å²) in [6.45, 7) is 1.30. The number of imidazole rings is 1. The van der Waals surface area contributed by atoms with E-state index in [0.29, 0.717) is 18.9 Å². The predicted octanol–water partition coefficient (Wildman–Crippen LogP) is 3.48. The zero-order valence-corrected chi connectivity index (χ0v) is 13.7. The van der Waals surface area contributed by atoms with Gasteiger partial charge in [-0.05, 0) is 32.1 Å². The zero-order chi connectivity index (χ0) is 16.3. The van der Waals surface area contributed by atoms with Crippen molar-refractivity contribution in [2.45, 2.75) is 64.3 Å². The molecule has 1 aromatic heterocycles. The summed E-state index contributed by atoms with van der Waals surface area (Å²) in [6, 6.07) is 0. The molecule has 23 heavy (non-hydrogen) atoms. The second kappa shape index (κ2) is 10.0. The first-order valence-electron chi connectivity index (χ1n) is 8.62. The molecule has 128 valence electrons. The number of rotatable bonds is 10. The third-order valence-corrected chi connectivity index (χ3v) is 4.29. The Morgan fingerprint density at radius 3 is 2.78 bits per heavy atom. The maximum atomic E-state index is 10.4. The van der Waals surface area contributed by atoms with Crippen molar-refractivity contribution in [1.82, 2.24) is 9.55 Å². The van der Waals surface area contributed by atoms with Gasteiger partial charge in [-0.2, -0.15) is 0 Å². The van der Waals surface area contributed by atoms with Gasteiger partial charge in [-0.1, -0.05) is 24.4 Å². The lowest BCUT2D eigenvalue weighted by Crippen LogP contribution is -2.23. The van der Waals surface area contributed by atoms with Crippen LogP contribution < -0.4 is 0 Å². The van der Waals surface area contributed by atoms with E-state index in [1.807, 2.05) is 17.1 Å². The molecule has 6 heteroatoms. The van der Waals surface area contributed by atoms with Gasteiger partial charge >= 0.3 is 5.97 Å². The molecule has 6 nitrogen and oxygen atoms in total. The van der Waals surface area contributed by atoms with Crippen molar-refractivity contribution in [3.63, 3.8) is 0 Å². The summed E-state index contributed by atoms with van der Waals surface area (Å²) in [4.78, 5) is 20.0. The van der Waals surface area contributed by atoms with Crippen LogP contribution in [0.5, 0.6) is 0 Å². The lowest BCUT2D eigenvalue weighted by Gasteiger charge is -2.23. The van der Waals surface area contributed by atoms with Gasteiger partial charge in [-0.15, -0.1) is 0 Å². The van der Waals surface area contributed by atoms with E-state index in [1.54, 1.807) is 6.20 Å². The van der Waals surface area contributed by atoms with Crippen LogP contribution in [-0.2, 0) is 16.2 Å². The minimum Gasteiger partial charge on any atom is -0.481 e. The van der Waals surface area contributed by atoms with Gasteiger partial charge in [0, 0.05) is 24.7 Å². The Morgan fingerprint density at radius 1 is 1.26 bits per heavy atom. The first kappa shape index (κ1) is 17.5. The van der Waals surface area contributed by atoms with Crippen LogP contribution in [0.3, 0.4) is 0 Å². The van der Waals surface area contributed by atoms with Crippen LogP contribution >= 0.6 is 0 Å². The first-order valence-corrected chi connectivity index (χ1v) is 8.62. The molecule has 1 saturated carbocycles. The first-order chi connectivity index (χ1) is 11.3. The summed E-state index contributed by atoms with van der Waals surface area (Å²) in [6.07, 6.45) is 14.4. The highest BCUT2D eigenvalue weighted by Gasteiger charge is 2.20. The summed E-state index contributed by atoms with van der Waals surface area (Å²) in [5.41, 5.74) is 1.10. The van der Waals surface area contributed by atoms with Gasteiger partial charge in [-0.25, -0.2) is 4.98 Å². The van der Waals surface area contributed by atoms with E-state index in [2.05, 4.69) is 10.1 Å². The molecule has 0 aliphatic heterocycles. The normalized spacial score (nSPS) is 16.4. The van der Waals surface area contributed by atoms with Crippen LogP contribution in [0.25, 0.3) is 0 Å². The lowest BCUT2D eigenvalue weighted by atomic mass is 9.86. The standard InChI is InChI=1S/C17H27N3O3/c21-17(22)9-5-2-6-12-23-19-16(13-20-11-10-18-14-20)15-7-3-1-4-8-15/h10-11,14-15H,1-9,12-13H2,(H,21,22)/b19-16+. The molecular formula is C17H27N3O3. The molecule has 0 bridgehead atoms. The van der Waals surface area contributed by atoms with Gasteiger partial charge in [0.1, 0.15) is 6.61 Å². The molecular weight excluding hydrogens is 294 g/mol. The fourth-order valence-corrected chi connectivity index (χ4v) is 2.98. The molecule has 1 aliphatic carbocycles. The lowest BCUT2D eigenvalue weighted by molar-refractivity contribution is -0.137. The molecule has 1 aliphatic rings. The summed E-state index contributed by atoms with van der Waals surface area (Å²) in [5.74, 6) is -0.220. The number of hydrogen-bond donors (Lipinski definition) is 1. The third-order valence-electron chi connectivity index (χ3n) is 4.29. The maximum absolute atomic E-state index is 10.4. The summed E-state index contributed by atoms with van der Waals surface area (Å²) < 4.78 is 2.03. The number of carboxylic acids is 1. The molecule has 1 heterocycles. The number of hydrogen-bond acceptors (Lipinski definition) is 4. The zero-order valence-electron chi connectivity index (χ0n) is 13.7. The van der Waals surface area contributed by atoms with Crippen LogP contribution in [0.15, 0.2) is 23.9 Å². The van der Waals surface area contributed by atoms with Gasteiger partial charge in [0.25, 0.3) is 0 Å². The van der Waals surface area contributed by atoms with Crippen molar-refractivity contribution < 1.29 is 14.7 Å². The van der Waals surface area contributed by atoms with Crippen LogP contribution in [0.1, 0.15) is 57.8 Å². The predicted molar refractivity (Wildman–Crippen MR) is 88.3 cm³/mol. The van der Waals surface area contributed by atoms with E-state index in [1.165, 1.54) is 32.1 Å². The Kier molecular flexibility index (Phi) is 7.63.